The summed E-state index contributed by atoms with van der Waals surface area (Å²) in [6.45, 7) is 1.75. The molecule has 1 aromatic rings. The van der Waals surface area contributed by atoms with Crippen LogP contribution in [-0.4, -0.2) is 44.8 Å². The average Bonchev–Trinajstić information content (AvgIpc) is 2.53. The first-order valence-electron chi connectivity index (χ1n) is 5.41. The van der Waals surface area contributed by atoms with Crippen LogP contribution in [0, 0.1) is 6.92 Å². The van der Waals surface area contributed by atoms with E-state index in [0.717, 1.165) is 5.56 Å². The van der Waals surface area contributed by atoms with Crippen LogP contribution in [0.2, 0.25) is 0 Å². The normalized spacial score (nSPS) is 27.2. The van der Waals surface area contributed by atoms with E-state index in [4.69, 9.17) is 0 Å². The van der Waals surface area contributed by atoms with E-state index in [9.17, 15) is 21.9 Å². The molecule has 5 nitrogen and oxygen atoms in total. The third-order valence-corrected chi connectivity index (χ3v) is 7.11. The standard InChI is InChI=1S/C11H14O5S2/c1-8-3-2-4-9(5-8)18(15,16)11-7-17(13,14)6-10(11)12/h2-5,10-12H,6-7H2,1H3/t10-,11+/m0/s1. The van der Waals surface area contributed by atoms with Crippen LogP contribution in [0.1, 0.15) is 5.56 Å². The van der Waals surface area contributed by atoms with Crippen LogP contribution in [-0.2, 0) is 19.7 Å². The molecule has 2 rings (SSSR count). The molecule has 0 radical (unpaired) electrons. The Balaban J connectivity index is 2.45. The zero-order valence-corrected chi connectivity index (χ0v) is 11.4. The first kappa shape index (κ1) is 13.5. The number of aliphatic hydroxyl groups excluding tert-OH is 1. The maximum atomic E-state index is 12.3. The number of hydrogen-bond donors (Lipinski definition) is 1. The lowest BCUT2D eigenvalue weighted by atomic mass is 10.2. The van der Waals surface area contributed by atoms with E-state index in [1.54, 1.807) is 19.1 Å². The summed E-state index contributed by atoms with van der Waals surface area (Å²) in [6.07, 6.45) is -1.35. The smallest absolute Gasteiger partial charge is 0.184 e. The van der Waals surface area contributed by atoms with Gasteiger partial charge in [0, 0.05) is 0 Å². The molecule has 1 aliphatic rings. The van der Waals surface area contributed by atoms with E-state index in [2.05, 4.69) is 0 Å². The second-order valence-electron chi connectivity index (χ2n) is 4.54. The second-order valence-corrected chi connectivity index (χ2v) is 8.86. The minimum atomic E-state index is -3.81. The molecule has 0 amide bonds. The Morgan fingerprint density at radius 1 is 1.28 bits per heavy atom. The Bertz CT molecular complexity index is 660. The fourth-order valence-electron chi connectivity index (χ4n) is 2.06. The first-order chi connectivity index (χ1) is 8.22. The molecule has 0 bridgehead atoms. The van der Waals surface area contributed by atoms with Gasteiger partial charge in [-0.2, -0.15) is 0 Å². The molecule has 0 aromatic heterocycles. The van der Waals surface area contributed by atoms with Crippen LogP contribution >= 0.6 is 0 Å². The lowest BCUT2D eigenvalue weighted by Crippen LogP contribution is -2.32. The topological polar surface area (TPSA) is 88.5 Å². The highest BCUT2D eigenvalue weighted by Crippen LogP contribution is 2.26. The second kappa shape index (κ2) is 4.32. The van der Waals surface area contributed by atoms with E-state index in [0.29, 0.717) is 0 Å². The van der Waals surface area contributed by atoms with Crippen LogP contribution < -0.4 is 0 Å². The molecule has 0 unspecified atom stereocenters. The molecule has 18 heavy (non-hydrogen) atoms. The first-order valence-corrected chi connectivity index (χ1v) is 8.78. The molecule has 1 aromatic carbocycles. The molecule has 100 valence electrons. The van der Waals surface area contributed by atoms with Gasteiger partial charge in [-0.1, -0.05) is 12.1 Å². The molecule has 2 atom stereocenters. The third kappa shape index (κ3) is 2.43. The summed E-state index contributed by atoms with van der Waals surface area (Å²) in [4.78, 5) is 0.0589. The Hall–Kier alpha value is -0.920. The molecule has 7 heteroatoms. The van der Waals surface area contributed by atoms with Crippen molar-refractivity contribution < 1.29 is 21.9 Å². The minimum absolute atomic E-state index is 0.0589. The molecular weight excluding hydrogens is 276 g/mol. The van der Waals surface area contributed by atoms with Gasteiger partial charge < -0.3 is 5.11 Å². The van der Waals surface area contributed by atoms with Gasteiger partial charge in [0.1, 0.15) is 5.25 Å². The van der Waals surface area contributed by atoms with Crippen LogP contribution in [0.25, 0.3) is 0 Å². The van der Waals surface area contributed by atoms with E-state index in [-0.39, 0.29) is 4.90 Å². The molecule has 1 N–H and O–H groups in total. The van der Waals surface area contributed by atoms with Crippen molar-refractivity contribution in [3.63, 3.8) is 0 Å². The fourth-order valence-corrected chi connectivity index (χ4v) is 6.61. The van der Waals surface area contributed by atoms with Gasteiger partial charge in [0.05, 0.1) is 22.5 Å². The predicted octanol–water partition coefficient (Wildman–Crippen LogP) is -0.0734. The number of rotatable bonds is 2. The quantitative estimate of drug-likeness (QED) is 0.823. The number of hydrogen-bond acceptors (Lipinski definition) is 5. The number of aryl methyl sites for hydroxylation is 1. The Labute approximate surface area is 106 Å². The lowest BCUT2D eigenvalue weighted by Gasteiger charge is -2.14. The summed E-state index contributed by atoms with van der Waals surface area (Å²) in [5, 5.41) is 8.37. The van der Waals surface area contributed by atoms with Crippen molar-refractivity contribution in [2.45, 2.75) is 23.2 Å². The van der Waals surface area contributed by atoms with Crippen molar-refractivity contribution in [3.05, 3.63) is 29.8 Å². The molecular formula is C11H14O5S2. The van der Waals surface area contributed by atoms with Gasteiger partial charge >= 0.3 is 0 Å². The molecule has 0 spiro atoms. The number of aliphatic hydroxyl groups is 1. The summed E-state index contributed by atoms with van der Waals surface area (Å²) in [7, 11) is -7.29. The summed E-state index contributed by atoms with van der Waals surface area (Å²) in [6, 6.07) is 6.24. The van der Waals surface area contributed by atoms with Crippen molar-refractivity contribution in [3.8, 4) is 0 Å². The van der Waals surface area contributed by atoms with Crippen LogP contribution in [0.15, 0.2) is 29.2 Å². The molecule has 1 saturated heterocycles. The molecule has 1 aliphatic heterocycles. The predicted molar refractivity (Wildman–Crippen MR) is 66.8 cm³/mol. The highest BCUT2D eigenvalue weighted by atomic mass is 32.2. The highest BCUT2D eigenvalue weighted by Gasteiger charge is 2.45. The molecule has 0 aliphatic carbocycles. The van der Waals surface area contributed by atoms with E-state index in [1.807, 2.05) is 0 Å². The van der Waals surface area contributed by atoms with E-state index in [1.165, 1.54) is 12.1 Å². The van der Waals surface area contributed by atoms with E-state index < -0.39 is 42.5 Å². The van der Waals surface area contributed by atoms with Crippen LogP contribution in [0.4, 0.5) is 0 Å². The third-order valence-electron chi connectivity index (χ3n) is 2.99. The zero-order chi connectivity index (χ0) is 13.6. The van der Waals surface area contributed by atoms with Gasteiger partial charge in [-0.05, 0) is 24.6 Å². The number of benzene rings is 1. The van der Waals surface area contributed by atoms with Gasteiger partial charge in [0.2, 0.25) is 0 Å². The number of sulfone groups is 2. The van der Waals surface area contributed by atoms with Crippen LogP contribution in [0.3, 0.4) is 0 Å². The van der Waals surface area contributed by atoms with Gasteiger partial charge in [0.15, 0.2) is 19.7 Å². The average molecular weight is 290 g/mol. The molecule has 1 fully saturated rings. The van der Waals surface area contributed by atoms with Gasteiger partial charge in [-0.25, -0.2) is 16.8 Å². The fraction of sp³-hybridized carbons (Fsp3) is 0.455. The summed E-state index contributed by atoms with van der Waals surface area (Å²) in [5.74, 6) is -0.993. The van der Waals surface area contributed by atoms with Crippen molar-refractivity contribution in [2.24, 2.45) is 0 Å². The Kier molecular flexibility index (Phi) is 3.25. The summed E-state index contributed by atoms with van der Waals surface area (Å²) in [5.41, 5.74) is 0.770. The Morgan fingerprint density at radius 2 is 1.94 bits per heavy atom. The maximum Gasteiger partial charge on any atom is 0.184 e. The van der Waals surface area contributed by atoms with E-state index >= 15 is 0 Å². The van der Waals surface area contributed by atoms with Crippen molar-refractivity contribution in [1.82, 2.24) is 0 Å². The monoisotopic (exact) mass is 290 g/mol. The maximum absolute atomic E-state index is 12.3. The molecule has 1 heterocycles. The Morgan fingerprint density at radius 3 is 2.44 bits per heavy atom. The zero-order valence-electron chi connectivity index (χ0n) is 9.78. The largest absolute Gasteiger partial charge is 0.391 e. The van der Waals surface area contributed by atoms with Crippen molar-refractivity contribution >= 4 is 19.7 Å². The van der Waals surface area contributed by atoms with Gasteiger partial charge in [-0.3, -0.25) is 0 Å². The van der Waals surface area contributed by atoms with Crippen molar-refractivity contribution in [2.75, 3.05) is 11.5 Å². The highest BCUT2D eigenvalue weighted by molar-refractivity contribution is 7.96. The summed E-state index contributed by atoms with van der Waals surface area (Å²) >= 11 is 0. The van der Waals surface area contributed by atoms with Gasteiger partial charge in [0.25, 0.3) is 0 Å². The van der Waals surface area contributed by atoms with Gasteiger partial charge in [-0.15, -0.1) is 0 Å². The SMILES string of the molecule is Cc1cccc(S(=O)(=O)[C@@H]2CS(=O)(=O)C[C@@H]2O)c1. The van der Waals surface area contributed by atoms with Crippen molar-refractivity contribution in [1.29, 1.82) is 0 Å². The van der Waals surface area contributed by atoms with Crippen LogP contribution in [0.5, 0.6) is 0 Å². The minimum Gasteiger partial charge on any atom is -0.391 e. The summed E-state index contributed by atoms with van der Waals surface area (Å²) < 4.78 is 47.3. The lowest BCUT2D eigenvalue weighted by molar-refractivity contribution is 0.204. The molecule has 0 saturated carbocycles.